The van der Waals surface area contributed by atoms with Gasteiger partial charge in [-0.15, -0.1) is 0 Å². The fourth-order valence-electron chi connectivity index (χ4n) is 3.47. The van der Waals surface area contributed by atoms with Crippen LogP contribution in [0.1, 0.15) is 57.6 Å². The zero-order valence-corrected chi connectivity index (χ0v) is 13.7. The summed E-state index contributed by atoms with van der Waals surface area (Å²) >= 11 is 5.89. The molecule has 1 aliphatic rings. The van der Waals surface area contributed by atoms with Crippen LogP contribution in [0.2, 0.25) is 5.02 Å². The van der Waals surface area contributed by atoms with Crippen LogP contribution in [0.25, 0.3) is 0 Å². The Kier molecular flexibility index (Phi) is 6.03. The molecule has 1 aromatic carbocycles. The van der Waals surface area contributed by atoms with Crippen molar-refractivity contribution >= 4 is 11.6 Å². The van der Waals surface area contributed by atoms with E-state index in [0.29, 0.717) is 17.2 Å². The predicted octanol–water partition coefficient (Wildman–Crippen LogP) is 4.87. The summed E-state index contributed by atoms with van der Waals surface area (Å²) in [5.74, 6) is -0.252. The van der Waals surface area contributed by atoms with E-state index >= 15 is 0 Å². The summed E-state index contributed by atoms with van der Waals surface area (Å²) < 4.78 is 20.6. The minimum Gasteiger partial charge on any atom is -0.373 e. The van der Waals surface area contributed by atoms with Gasteiger partial charge in [0, 0.05) is 17.2 Å². The topological polar surface area (TPSA) is 21.3 Å². The van der Waals surface area contributed by atoms with Crippen molar-refractivity contribution in [1.29, 1.82) is 0 Å². The zero-order chi connectivity index (χ0) is 15.3. The highest BCUT2D eigenvalue weighted by molar-refractivity contribution is 6.30. The van der Waals surface area contributed by atoms with Crippen LogP contribution in [-0.4, -0.2) is 18.8 Å². The minimum atomic E-state index is -0.308. The lowest BCUT2D eigenvalue weighted by molar-refractivity contribution is -0.0916. The van der Waals surface area contributed by atoms with Crippen molar-refractivity contribution in [2.75, 3.05) is 13.2 Å². The van der Waals surface area contributed by atoms with Crippen molar-refractivity contribution < 1.29 is 9.13 Å². The Balaban J connectivity index is 2.39. The van der Waals surface area contributed by atoms with Gasteiger partial charge in [0.15, 0.2) is 0 Å². The van der Waals surface area contributed by atoms with Gasteiger partial charge >= 0.3 is 0 Å². The average molecular weight is 314 g/mol. The second-order valence-electron chi connectivity index (χ2n) is 5.71. The van der Waals surface area contributed by atoms with Crippen molar-refractivity contribution in [2.45, 2.75) is 57.6 Å². The van der Waals surface area contributed by atoms with Crippen molar-refractivity contribution in [2.24, 2.45) is 0 Å². The van der Waals surface area contributed by atoms with Crippen LogP contribution < -0.4 is 5.32 Å². The van der Waals surface area contributed by atoms with Crippen LogP contribution in [0.3, 0.4) is 0 Å². The molecule has 0 amide bonds. The molecular formula is C17H25ClFNO. The highest BCUT2D eigenvalue weighted by Crippen LogP contribution is 2.42. The summed E-state index contributed by atoms with van der Waals surface area (Å²) in [5, 5.41) is 3.88. The first-order chi connectivity index (χ1) is 10.1. The van der Waals surface area contributed by atoms with E-state index in [1.54, 1.807) is 12.1 Å². The van der Waals surface area contributed by atoms with Gasteiger partial charge in [0.25, 0.3) is 0 Å². The molecular weight excluding hydrogens is 289 g/mol. The predicted molar refractivity (Wildman–Crippen MR) is 85.3 cm³/mol. The van der Waals surface area contributed by atoms with Gasteiger partial charge in [-0.3, -0.25) is 0 Å². The summed E-state index contributed by atoms with van der Waals surface area (Å²) in [4.78, 5) is 0. The molecule has 0 bridgehead atoms. The van der Waals surface area contributed by atoms with Crippen molar-refractivity contribution in [3.8, 4) is 0 Å². The maximum Gasteiger partial charge on any atom is 0.129 e. The van der Waals surface area contributed by atoms with Gasteiger partial charge in [-0.05, 0) is 38.4 Å². The van der Waals surface area contributed by atoms with Crippen LogP contribution in [-0.2, 0) is 4.74 Å². The Morgan fingerprint density at radius 1 is 1.29 bits per heavy atom. The number of ether oxygens (including phenoxy) is 1. The first kappa shape index (κ1) is 16.7. The molecule has 0 aromatic heterocycles. The number of hydrogen-bond acceptors (Lipinski definition) is 2. The second-order valence-corrected chi connectivity index (χ2v) is 6.15. The lowest BCUT2D eigenvalue weighted by Gasteiger charge is -2.44. The highest BCUT2D eigenvalue weighted by Gasteiger charge is 2.42. The van der Waals surface area contributed by atoms with Crippen LogP contribution >= 0.6 is 11.6 Å². The SMILES string of the molecule is CCNC(c1ccc(Cl)cc1F)C1(OCC)CCCCC1. The monoisotopic (exact) mass is 313 g/mol. The first-order valence-electron chi connectivity index (χ1n) is 7.95. The van der Waals surface area contributed by atoms with Gasteiger partial charge in [-0.25, -0.2) is 4.39 Å². The molecule has 0 spiro atoms. The molecule has 118 valence electrons. The number of halogens is 2. The van der Waals surface area contributed by atoms with E-state index in [9.17, 15) is 4.39 Å². The molecule has 1 aliphatic carbocycles. The maximum absolute atomic E-state index is 14.4. The van der Waals surface area contributed by atoms with Gasteiger partial charge in [0.2, 0.25) is 0 Å². The largest absolute Gasteiger partial charge is 0.373 e. The molecule has 0 aliphatic heterocycles. The molecule has 1 unspecified atom stereocenters. The summed E-state index contributed by atoms with van der Waals surface area (Å²) in [5.41, 5.74) is 0.356. The second kappa shape index (κ2) is 7.57. The number of likely N-dealkylation sites (N-methyl/N-ethyl adjacent to an activating group) is 1. The van der Waals surface area contributed by atoms with E-state index in [1.165, 1.54) is 12.5 Å². The van der Waals surface area contributed by atoms with Gasteiger partial charge in [-0.2, -0.15) is 0 Å². The molecule has 4 heteroatoms. The molecule has 1 aromatic rings. The summed E-state index contributed by atoms with van der Waals surface area (Å²) in [6, 6.07) is 4.82. The third-order valence-corrected chi connectivity index (χ3v) is 4.57. The van der Waals surface area contributed by atoms with Crippen LogP contribution in [0, 0.1) is 5.82 Å². The number of rotatable bonds is 6. The summed E-state index contributed by atoms with van der Waals surface area (Å²) in [6.07, 6.45) is 5.45. The van der Waals surface area contributed by atoms with Crippen molar-refractivity contribution in [1.82, 2.24) is 5.32 Å². The normalized spacial score (nSPS) is 19.4. The standard InChI is InChI=1S/C17H25ClFNO/c1-3-20-16(14-9-8-13(18)12-15(14)19)17(21-4-2)10-6-5-7-11-17/h8-9,12,16,20H,3-7,10-11H2,1-2H3. The van der Waals surface area contributed by atoms with Crippen LogP contribution in [0.15, 0.2) is 18.2 Å². The minimum absolute atomic E-state index is 0.125. The number of hydrogen-bond donors (Lipinski definition) is 1. The molecule has 2 rings (SSSR count). The quantitative estimate of drug-likeness (QED) is 0.809. The lowest BCUT2D eigenvalue weighted by atomic mass is 9.76. The van der Waals surface area contributed by atoms with E-state index in [2.05, 4.69) is 5.32 Å². The average Bonchev–Trinajstić information content (AvgIpc) is 2.47. The molecule has 0 heterocycles. The molecule has 1 fully saturated rings. The molecule has 1 N–H and O–H groups in total. The smallest absolute Gasteiger partial charge is 0.129 e. The van der Waals surface area contributed by atoms with Crippen molar-refractivity contribution in [3.05, 3.63) is 34.6 Å². The first-order valence-corrected chi connectivity index (χ1v) is 8.33. The van der Waals surface area contributed by atoms with E-state index < -0.39 is 0 Å². The number of benzene rings is 1. The molecule has 1 atom stereocenters. The molecule has 1 saturated carbocycles. The van der Waals surface area contributed by atoms with Gasteiger partial charge in [0.1, 0.15) is 5.82 Å². The third-order valence-electron chi connectivity index (χ3n) is 4.34. The van der Waals surface area contributed by atoms with E-state index in [4.69, 9.17) is 16.3 Å². The van der Waals surface area contributed by atoms with Crippen molar-refractivity contribution in [3.63, 3.8) is 0 Å². The van der Waals surface area contributed by atoms with Gasteiger partial charge in [-0.1, -0.05) is 43.9 Å². The highest BCUT2D eigenvalue weighted by atomic mass is 35.5. The summed E-state index contributed by atoms with van der Waals surface area (Å²) in [7, 11) is 0. The lowest BCUT2D eigenvalue weighted by Crippen LogP contribution is -2.48. The van der Waals surface area contributed by atoms with E-state index in [-0.39, 0.29) is 17.5 Å². The Hall–Kier alpha value is -0.640. The fourth-order valence-corrected chi connectivity index (χ4v) is 3.63. The fraction of sp³-hybridized carbons (Fsp3) is 0.647. The third kappa shape index (κ3) is 3.77. The Morgan fingerprint density at radius 3 is 2.57 bits per heavy atom. The number of nitrogens with one attached hydrogen (secondary N) is 1. The maximum atomic E-state index is 14.4. The Morgan fingerprint density at radius 2 is 2.00 bits per heavy atom. The van der Waals surface area contributed by atoms with Gasteiger partial charge in [0.05, 0.1) is 11.6 Å². The molecule has 21 heavy (non-hydrogen) atoms. The Labute approximate surface area is 132 Å². The van der Waals surface area contributed by atoms with Crippen LogP contribution in [0.4, 0.5) is 4.39 Å². The van der Waals surface area contributed by atoms with Crippen LogP contribution in [0.5, 0.6) is 0 Å². The molecule has 2 nitrogen and oxygen atoms in total. The van der Waals surface area contributed by atoms with E-state index in [0.717, 1.165) is 32.2 Å². The van der Waals surface area contributed by atoms with Gasteiger partial charge < -0.3 is 10.1 Å². The Bertz CT molecular complexity index is 455. The van der Waals surface area contributed by atoms with E-state index in [1.807, 2.05) is 13.8 Å². The molecule has 0 radical (unpaired) electrons. The zero-order valence-electron chi connectivity index (χ0n) is 12.9. The summed E-state index contributed by atoms with van der Waals surface area (Å²) in [6.45, 7) is 5.49. The molecule has 0 saturated heterocycles.